The van der Waals surface area contributed by atoms with E-state index in [-0.39, 0.29) is 12.2 Å². The van der Waals surface area contributed by atoms with E-state index in [9.17, 15) is 0 Å². The first-order chi connectivity index (χ1) is 5.25. The zero-order valence-corrected chi connectivity index (χ0v) is 7.46. The fraction of sp³-hybridized carbons (Fsp3) is 1.00. The maximum atomic E-state index is 5.49. The molecular weight excluding hydrogens is 142 g/mol. The number of hydrogen-bond acceptors (Lipinski definition) is 3. The van der Waals surface area contributed by atoms with Gasteiger partial charge in [-0.2, -0.15) is 0 Å². The number of hydrogen-bond donors (Lipinski definition) is 1. The molecule has 0 spiro atoms. The molecule has 2 atom stereocenters. The third-order valence-electron chi connectivity index (χ3n) is 2.19. The van der Waals surface area contributed by atoms with E-state index in [1.165, 1.54) is 0 Å². The van der Waals surface area contributed by atoms with Crippen molar-refractivity contribution in [2.75, 3.05) is 20.3 Å². The summed E-state index contributed by atoms with van der Waals surface area (Å²) in [7, 11) is 1.94. The van der Waals surface area contributed by atoms with Crippen LogP contribution >= 0.6 is 0 Å². The quantitative estimate of drug-likeness (QED) is 0.600. The molecule has 3 heteroatoms. The van der Waals surface area contributed by atoms with E-state index in [2.05, 4.69) is 19.2 Å². The molecule has 66 valence electrons. The topological polar surface area (TPSA) is 30.5 Å². The summed E-state index contributed by atoms with van der Waals surface area (Å²) in [6.07, 6.45) is 0.495. The molecule has 0 aliphatic carbocycles. The molecule has 1 N–H and O–H groups in total. The summed E-state index contributed by atoms with van der Waals surface area (Å²) in [5, 5.41) is 3.19. The molecule has 2 unspecified atom stereocenters. The lowest BCUT2D eigenvalue weighted by Gasteiger charge is -2.24. The lowest BCUT2D eigenvalue weighted by atomic mass is 10.1. The minimum absolute atomic E-state index is 0.248. The third kappa shape index (κ3) is 2.15. The predicted molar refractivity (Wildman–Crippen MR) is 43.7 cm³/mol. The van der Waals surface area contributed by atoms with Gasteiger partial charge in [0.2, 0.25) is 0 Å². The van der Waals surface area contributed by atoms with Gasteiger partial charge in [-0.25, -0.2) is 0 Å². The maximum absolute atomic E-state index is 5.49. The van der Waals surface area contributed by atoms with Crippen molar-refractivity contribution in [3.63, 3.8) is 0 Å². The number of likely N-dealkylation sites (N-methyl/N-ethyl adjacent to an activating group) is 1. The summed E-state index contributed by atoms with van der Waals surface area (Å²) in [5.41, 5.74) is 0. The average Bonchev–Trinajstić information content (AvgIpc) is 2.12. The average molecular weight is 159 g/mol. The standard InChI is InChI=1S/C8H17NO2/c1-6-8(9-3)7(2)11-5-4-10-6/h6-9H,4-5H2,1-3H3. The van der Waals surface area contributed by atoms with Crippen molar-refractivity contribution in [2.45, 2.75) is 32.1 Å². The monoisotopic (exact) mass is 159 g/mol. The number of nitrogens with one attached hydrogen (secondary N) is 1. The molecule has 0 aromatic rings. The van der Waals surface area contributed by atoms with Crippen molar-refractivity contribution < 1.29 is 9.47 Å². The molecular formula is C8H17NO2. The second-order valence-electron chi connectivity index (χ2n) is 2.97. The van der Waals surface area contributed by atoms with E-state index in [0.29, 0.717) is 19.3 Å². The largest absolute Gasteiger partial charge is 0.374 e. The van der Waals surface area contributed by atoms with Crippen LogP contribution < -0.4 is 5.32 Å². The Balaban J connectivity index is 2.51. The van der Waals surface area contributed by atoms with Crippen LogP contribution in [-0.2, 0) is 9.47 Å². The molecule has 1 aliphatic heterocycles. The van der Waals surface area contributed by atoms with Crippen LogP contribution in [-0.4, -0.2) is 38.5 Å². The van der Waals surface area contributed by atoms with Crippen molar-refractivity contribution in [2.24, 2.45) is 0 Å². The van der Waals surface area contributed by atoms with Crippen molar-refractivity contribution in [1.29, 1.82) is 0 Å². The number of ether oxygens (including phenoxy) is 2. The van der Waals surface area contributed by atoms with Crippen molar-refractivity contribution in [3.05, 3.63) is 0 Å². The Morgan fingerprint density at radius 3 is 1.91 bits per heavy atom. The summed E-state index contributed by atoms with van der Waals surface area (Å²) in [4.78, 5) is 0. The summed E-state index contributed by atoms with van der Waals surface area (Å²) < 4.78 is 11.0. The van der Waals surface area contributed by atoms with Crippen LogP contribution in [0, 0.1) is 0 Å². The van der Waals surface area contributed by atoms with E-state index in [4.69, 9.17) is 9.47 Å². The lowest BCUT2D eigenvalue weighted by molar-refractivity contribution is 0.0557. The van der Waals surface area contributed by atoms with Gasteiger partial charge in [0.05, 0.1) is 31.5 Å². The lowest BCUT2D eigenvalue weighted by Crippen LogP contribution is -2.44. The van der Waals surface area contributed by atoms with Gasteiger partial charge in [0, 0.05) is 0 Å². The first kappa shape index (κ1) is 8.97. The highest BCUT2D eigenvalue weighted by Gasteiger charge is 2.25. The van der Waals surface area contributed by atoms with Gasteiger partial charge in [-0.3, -0.25) is 0 Å². The fourth-order valence-electron chi connectivity index (χ4n) is 1.53. The van der Waals surface area contributed by atoms with Crippen molar-refractivity contribution >= 4 is 0 Å². The molecule has 0 aromatic heterocycles. The van der Waals surface area contributed by atoms with Gasteiger partial charge in [0.15, 0.2) is 0 Å². The first-order valence-corrected chi connectivity index (χ1v) is 4.16. The van der Waals surface area contributed by atoms with E-state index in [1.807, 2.05) is 7.05 Å². The molecule has 0 amide bonds. The Bertz CT molecular complexity index is 107. The first-order valence-electron chi connectivity index (χ1n) is 4.16. The van der Waals surface area contributed by atoms with Crippen molar-refractivity contribution in [3.8, 4) is 0 Å². The van der Waals surface area contributed by atoms with Crippen LogP contribution in [0.15, 0.2) is 0 Å². The van der Waals surface area contributed by atoms with Crippen LogP contribution in [0.5, 0.6) is 0 Å². The molecule has 0 aromatic carbocycles. The van der Waals surface area contributed by atoms with Crippen LogP contribution in [0.3, 0.4) is 0 Å². The predicted octanol–water partition coefficient (Wildman–Crippen LogP) is 0.398. The zero-order chi connectivity index (χ0) is 8.27. The molecule has 1 aliphatic rings. The van der Waals surface area contributed by atoms with Gasteiger partial charge in [-0.1, -0.05) is 0 Å². The molecule has 0 radical (unpaired) electrons. The van der Waals surface area contributed by atoms with Gasteiger partial charge in [0.1, 0.15) is 0 Å². The molecule has 1 fully saturated rings. The van der Waals surface area contributed by atoms with Crippen LogP contribution in [0.2, 0.25) is 0 Å². The zero-order valence-electron chi connectivity index (χ0n) is 7.46. The Labute approximate surface area is 68.1 Å². The third-order valence-corrected chi connectivity index (χ3v) is 2.19. The summed E-state index contributed by atoms with van der Waals surface area (Å²) in [5.74, 6) is 0. The molecule has 1 heterocycles. The summed E-state index contributed by atoms with van der Waals surface area (Å²) in [6.45, 7) is 5.58. The van der Waals surface area contributed by atoms with E-state index in [0.717, 1.165) is 0 Å². The SMILES string of the molecule is CNC1C(C)OCCOC1C. The second-order valence-corrected chi connectivity index (χ2v) is 2.97. The smallest absolute Gasteiger partial charge is 0.0726 e. The van der Waals surface area contributed by atoms with Gasteiger partial charge < -0.3 is 14.8 Å². The highest BCUT2D eigenvalue weighted by molar-refractivity contribution is 4.80. The molecule has 1 saturated heterocycles. The highest BCUT2D eigenvalue weighted by atomic mass is 16.5. The molecule has 1 rings (SSSR count). The number of rotatable bonds is 1. The molecule has 0 bridgehead atoms. The molecule has 11 heavy (non-hydrogen) atoms. The Morgan fingerprint density at radius 1 is 1.09 bits per heavy atom. The summed E-state index contributed by atoms with van der Waals surface area (Å²) >= 11 is 0. The fourth-order valence-corrected chi connectivity index (χ4v) is 1.53. The van der Waals surface area contributed by atoms with Gasteiger partial charge >= 0.3 is 0 Å². The van der Waals surface area contributed by atoms with E-state index >= 15 is 0 Å². The van der Waals surface area contributed by atoms with Gasteiger partial charge in [-0.05, 0) is 20.9 Å². The van der Waals surface area contributed by atoms with Crippen LogP contribution in [0.25, 0.3) is 0 Å². The van der Waals surface area contributed by atoms with E-state index < -0.39 is 0 Å². The molecule has 3 nitrogen and oxygen atoms in total. The van der Waals surface area contributed by atoms with Crippen molar-refractivity contribution in [1.82, 2.24) is 5.32 Å². The summed E-state index contributed by atoms with van der Waals surface area (Å²) in [6, 6.07) is 0.317. The Morgan fingerprint density at radius 2 is 1.55 bits per heavy atom. The normalized spacial score (nSPS) is 40.1. The minimum Gasteiger partial charge on any atom is -0.374 e. The second kappa shape index (κ2) is 4.04. The van der Waals surface area contributed by atoms with Gasteiger partial charge in [0.25, 0.3) is 0 Å². The minimum atomic E-state index is 0.248. The van der Waals surface area contributed by atoms with Crippen LogP contribution in [0.1, 0.15) is 13.8 Å². The Kier molecular flexibility index (Phi) is 3.30. The maximum Gasteiger partial charge on any atom is 0.0726 e. The Hall–Kier alpha value is -0.120. The van der Waals surface area contributed by atoms with Gasteiger partial charge in [-0.15, -0.1) is 0 Å². The highest BCUT2D eigenvalue weighted by Crippen LogP contribution is 2.10. The molecule has 0 saturated carbocycles. The van der Waals surface area contributed by atoms with Crippen LogP contribution in [0.4, 0.5) is 0 Å². The van der Waals surface area contributed by atoms with E-state index in [1.54, 1.807) is 0 Å².